The SMILES string of the molecule is CCOC(=O)c1ccc(NC(=O)c2cccc(OC(C)C)c2)cc1. The summed E-state index contributed by atoms with van der Waals surface area (Å²) in [4.78, 5) is 23.9. The van der Waals surface area contributed by atoms with Gasteiger partial charge >= 0.3 is 5.97 Å². The third-order valence-corrected chi connectivity index (χ3v) is 3.12. The molecule has 0 bridgehead atoms. The van der Waals surface area contributed by atoms with Gasteiger partial charge in [0.15, 0.2) is 0 Å². The number of amides is 1. The number of benzene rings is 2. The molecule has 0 heterocycles. The zero-order valence-corrected chi connectivity index (χ0v) is 14.0. The average molecular weight is 327 g/mol. The van der Waals surface area contributed by atoms with Crippen LogP contribution in [0.15, 0.2) is 48.5 Å². The van der Waals surface area contributed by atoms with Crippen molar-refractivity contribution in [2.75, 3.05) is 11.9 Å². The first-order chi connectivity index (χ1) is 11.5. The molecule has 2 rings (SSSR count). The van der Waals surface area contributed by atoms with Crippen molar-refractivity contribution in [3.8, 4) is 5.75 Å². The molecule has 0 unspecified atom stereocenters. The van der Waals surface area contributed by atoms with Crippen molar-refractivity contribution in [1.29, 1.82) is 0 Å². The quantitative estimate of drug-likeness (QED) is 0.817. The summed E-state index contributed by atoms with van der Waals surface area (Å²) < 4.78 is 10.5. The summed E-state index contributed by atoms with van der Waals surface area (Å²) in [5, 5.41) is 2.79. The second-order valence-corrected chi connectivity index (χ2v) is 5.45. The van der Waals surface area contributed by atoms with E-state index in [0.717, 1.165) is 0 Å². The number of carbonyl (C=O) groups is 2. The van der Waals surface area contributed by atoms with E-state index in [1.54, 1.807) is 49.4 Å². The zero-order valence-electron chi connectivity index (χ0n) is 14.0. The van der Waals surface area contributed by atoms with Crippen molar-refractivity contribution in [1.82, 2.24) is 0 Å². The van der Waals surface area contributed by atoms with E-state index in [9.17, 15) is 9.59 Å². The van der Waals surface area contributed by atoms with Crippen LogP contribution in [0.25, 0.3) is 0 Å². The molecule has 2 aromatic rings. The summed E-state index contributed by atoms with van der Waals surface area (Å²) >= 11 is 0. The Balaban J connectivity index is 2.05. The lowest BCUT2D eigenvalue weighted by molar-refractivity contribution is 0.0526. The fourth-order valence-electron chi connectivity index (χ4n) is 2.09. The summed E-state index contributed by atoms with van der Waals surface area (Å²) in [6, 6.07) is 13.6. The Morgan fingerprint density at radius 3 is 2.38 bits per heavy atom. The van der Waals surface area contributed by atoms with Gasteiger partial charge in [0.25, 0.3) is 5.91 Å². The molecule has 0 atom stereocenters. The molecule has 0 spiro atoms. The van der Waals surface area contributed by atoms with E-state index >= 15 is 0 Å². The van der Waals surface area contributed by atoms with Crippen LogP contribution in [0, 0.1) is 0 Å². The summed E-state index contributed by atoms with van der Waals surface area (Å²) in [5.74, 6) is 0.0253. The third kappa shape index (κ3) is 4.84. The number of carbonyl (C=O) groups excluding carboxylic acids is 2. The molecule has 0 fully saturated rings. The van der Waals surface area contributed by atoms with Crippen LogP contribution in [0.1, 0.15) is 41.5 Å². The maximum absolute atomic E-state index is 12.3. The molecule has 0 saturated heterocycles. The molecule has 1 amide bonds. The first kappa shape index (κ1) is 17.5. The van der Waals surface area contributed by atoms with Crippen molar-refractivity contribution in [3.05, 3.63) is 59.7 Å². The minimum Gasteiger partial charge on any atom is -0.491 e. The summed E-state index contributed by atoms with van der Waals surface area (Å²) in [7, 11) is 0. The van der Waals surface area contributed by atoms with Crippen molar-refractivity contribution >= 4 is 17.6 Å². The lowest BCUT2D eigenvalue weighted by atomic mass is 10.1. The smallest absolute Gasteiger partial charge is 0.338 e. The van der Waals surface area contributed by atoms with Gasteiger partial charge in [-0.1, -0.05) is 6.07 Å². The van der Waals surface area contributed by atoms with Gasteiger partial charge in [-0.05, 0) is 63.2 Å². The highest BCUT2D eigenvalue weighted by molar-refractivity contribution is 6.04. The van der Waals surface area contributed by atoms with Crippen LogP contribution >= 0.6 is 0 Å². The van der Waals surface area contributed by atoms with Crippen LogP contribution in [-0.2, 0) is 4.74 Å². The van der Waals surface area contributed by atoms with Gasteiger partial charge in [-0.3, -0.25) is 4.79 Å². The van der Waals surface area contributed by atoms with Gasteiger partial charge in [0, 0.05) is 11.3 Å². The van der Waals surface area contributed by atoms with E-state index in [1.165, 1.54) is 0 Å². The van der Waals surface area contributed by atoms with Gasteiger partial charge < -0.3 is 14.8 Å². The van der Waals surface area contributed by atoms with Crippen LogP contribution < -0.4 is 10.1 Å². The van der Waals surface area contributed by atoms with Crippen molar-refractivity contribution < 1.29 is 19.1 Å². The molecule has 0 radical (unpaired) electrons. The van der Waals surface area contributed by atoms with Gasteiger partial charge in [-0.25, -0.2) is 4.79 Å². The summed E-state index contributed by atoms with van der Waals surface area (Å²) in [5.41, 5.74) is 1.55. The van der Waals surface area contributed by atoms with Gasteiger partial charge in [-0.15, -0.1) is 0 Å². The van der Waals surface area contributed by atoms with Crippen molar-refractivity contribution in [3.63, 3.8) is 0 Å². The molecular formula is C19H21NO4. The number of hydrogen-bond acceptors (Lipinski definition) is 4. The van der Waals surface area contributed by atoms with E-state index in [0.29, 0.717) is 29.2 Å². The minimum absolute atomic E-state index is 0.0405. The lowest BCUT2D eigenvalue weighted by Crippen LogP contribution is -2.13. The molecule has 0 aliphatic heterocycles. The second kappa shape index (κ2) is 8.15. The van der Waals surface area contributed by atoms with Crippen molar-refractivity contribution in [2.24, 2.45) is 0 Å². The Bertz CT molecular complexity index is 708. The Kier molecular flexibility index (Phi) is 5.95. The highest BCUT2D eigenvalue weighted by Crippen LogP contribution is 2.17. The van der Waals surface area contributed by atoms with Crippen LogP contribution in [0.5, 0.6) is 5.75 Å². The van der Waals surface area contributed by atoms with E-state index in [1.807, 2.05) is 19.9 Å². The third-order valence-electron chi connectivity index (χ3n) is 3.12. The summed E-state index contributed by atoms with van der Waals surface area (Å²) in [6.45, 7) is 5.94. The number of rotatable bonds is 6. The van der Waals surface area contributed by atoms with Crippen molar-refractivity contribution in [2.45, 2.75) is 26.9 Å². The zero-order chi connectivity index (χ0) is 17.5. The van der Waals surface area contributed by atoms with E-state index in [4.69, 9.17) is 9.47 Å². The first-order valence-corrected chi connectivity index (χ1v) is 7.85. The molecule has 1 N–H and O–H groups in total. The van der Waals surface area contributed by atoms with Gasteiger partial charge in [0.05, 0.1) is 18.3 Å². The first-order valence-electron chi connectivity index (χ1n) is 7.85. The van der Waals surface area contributed by atoms with Gasteiger partial charge in [0.1, 0.15) is 5.75 Å². The molecule has 126 valence electrons. The Hall–Kier alpha value is -2.82. The van der Waals surface area contributed by atoms with Gasteiger partial charge in [-0.2, -0.15) is 0 Å². The highest BCUT2D eigenvalue weighted by atomic mass is 16.5. The molecule has 0 saturated carbocycles. The van der Waals surface area contributed by atoms with E-state index in [2.05, 4.69) is 5.32 Å². The molecule has 5 heteroatoms. The van der Waals surface area contributed by atoms with Crippen LogP contribution in [0.2, 0.25) is 0 Å². The Morgan fingerprint density at radius 2 is 1.75 bits per heavy atom. The molecule has 0 aliphatic rings. The Labute approximate surface area is 141 Å². The largest absolute Gasteiger partial charge is 0.491 e. The fourth-order valence-corrected chi connectivity index (χ4v) is 2.09. The number of anilines is 1. The Morgan fingerprint density at radius 1 is 1.04 bits per heavy atom. The molecule has 2 aromatic carbocycles. The highest BCUT2D eigenvalue weighted by Gasteiger charge is 2.10. The number of esters is 1. The topological polar surface area (TPSA) is 64.6 Å². The normalized spacial score (nSPS) is 10.3. The maximum Gasteiger partial charge on any atom is 0.338 e. The standard InChI is InChI=1S/C19H21NO4/c1-4-23-19(22)14-8-10-16(11-9-14)20-18(21)15-6-5-7-17(12-15)24-13(2)3/h5-13H,4H2,1-3H3,(H,20,21). The van der Waals surface area contributed by atoms with E-state index < -0.39 is 0 Å². The lowest BCUT2D eigenvalue weighted by Gasteiger charge is -2.11. The maximum atomic E-state index is 12.3. The number of nitrogens with one attached hydrogen (secondary N) is 1. The fraction of sp³-hybridized carbons (Fsp3) is 0.263. The average Bonchev–Trinajstić information content (AvgIpc) is 2.55. The second-order valence-electron chi connectivity index (χ2n) is 5.45. The molecule has 24 heavy (non-hydrogen) atoms. The molecule has 0 aliphatic carbocycles. The van der Waals surface area contributed by atoms with Gasteiger partial charge in [0.2, 0.25) is 0 Å². The number of ether oxygens (including phenoxy) is 2. The van der Waals surface area contributed by atoms with Crippen LogP contribution in [0.4, 0.5) is 5.69 Å². The van der Waals surface area contributed by atoms with Crippen LogP contribution in [0.3, 0.4) is 0 Å². The molecule has 5 nitrogen and oxygen atoms in total. The number of hydrogen-bond donors (Lipinski definition) is 1. The predicted molar refractivity (Wildman–Crippen MR) is 92.6 cm³/mol. The minimum atomic E-state index is -0.381. The predicted octanol–water partition coefficient (Wildman–Crippen LogP) is 3.90. The molecule has 0 aromatic heterocycles. The monoisotopic (exact) mass is 327 g/mol. The summed E-state index contributed by atoms with van der Waals surface area (Å²) in [6.07, 6.45) is 0.0405. The van der Waals surface area contributed by atoms with E-state index in [-0.39, 0.29) is 18.0 Å². The molecular weight excluding hydrogens is 306 g/mol. The van der Waals surface area contributed by atoms with Crippen LogP contribution in [-0.4, -0.2) is 24.6 Å².